The average molecular weight is 519 g/mol. The molecule has 0 bridgehead atoms. The summed E-state index contributed by atoms with van der Waals surface area (Å²) < 4.78 is 31.3. The van der Waals surface area contributed by atoms with Crippen LogP contribution in [-0.2, 0) is 23.7 Å². The first-order chi connectivity index (χ1) is 17.9. The highest BCUT2D eigenvalue weighted by Gasteiger charge is 2.66. The third-order valence-electron chi connectivity index (χ3n) is 7.40. The summed E-state index contributed by atoms with van der Waals surface area (Å²) in [7, 11) is 0. The predicted molar refractivity (Wildman–Crippen MR) is 142 cm³/mol. The third-order valence-corrected chi connectivity index (χ3v) is 7.40. The Labute approximate surface area is 222 Å². The first kappa shape index (κ1) is 28.3. The molecule has 37 heavy (non-hydrogen) atoms. The highest BCUT2D eigenvalue weighted by atomic mass is 16.9. The lowest BCUT2D eigenvalue weighted by Gasteiger charge is -2.29. The van der Waals surface area contributed by atoms with Crippen LogP contribution in [0, 0.1) is 0 Å². The van der Waals surface area contributed by atoms with Crippen LogP contribution in [0.1, 0.15) is 78.6 Å². The van der Waals surface area contributed by atoms with Crippen molar-refractivity contribution in [3.05, 3.63) is 30.3 Å². The van der Waals surface area contributed by atoms with E-state index in [1.165, 1.54) is 32.1 Å². The highest BCUT2D eigenvalue weighted by molar-refractivity contribution is 5.84. The lowest BCUT2D eigenvalue weighted by Crippen LogP contribution is -2.46. The van der Waals surface area contributed by atoms with Crippen molar-refractivity contribution in [2.75, 3.05) is 38.2 Å². The smallest absolute Gasteiger partial charge is 0.412 e. The van der Waals surface area contributed by atoms with E-state index in [0.29, 0.717) is 12.3 Å². The van der Waals surface area contributed by atoms with Crippen molar-refractivity contribution in [2.45, 2.75) is 108 Å². The molecule has 0 radical (unpaired) electrons. The molecule has 3 saturated heterocycles. The number of fused-ring (bicyclic) bond motifs is 1. The molecule has 3 aliphatic rings. The molecule has 1 amide bonds. The van der Waals surface area contributed by atoms with Crippen molar-refractivity contribution >= 4 is 11.8 Å². The fourth-order valence-electron chi connectivity index (χ4n) is 5.66. The van der Waals surface area contributed by atoms with Gasteiger partial charge in [-0.25, -0.2) is 4.79 Å². The van der Waals surface area contributed by atoms with Crippen LogP contribution in [0.15, 0.2) is 30.3 Å². The van der Waals surface area contributed by atoms with Gasteiger partial charge in [0.2, 0.25) is 5.79 Å². The lowest BCUT2D eigenvalue weighted by molar-refractivity contribution is -0.278. The Balaban J connectivity index is 1.41. The Morgan fingerprint density at radius 2 is 1.81 bits per heavy atom. The maximum absolute atomic E-state index is 12.9. The maximum Gasteiger partial charge on any atom is 0.412 e. The molecule has 208 valence electrons. The van der Waals surface area contributed by atoms with E-state index in [1.54, 1.807) is 0 Å². The summed E-state index contributed by atoms with van der Waals surface area (Å²) in [5.74, 6) is -1.96. The number of benzene rings is 1. The quantitative estimate of drug-likeness (QED) is 0.316. The molecule has 1 aromatic rings. The van der Waals surface area contributed by atoms with Crippen molar-refractivity contribution in [3.8, 4) is 0 Å². The van der Waals surface area contributed by atoms with Crippen LogP contribution >= 0.6 is 0 Å². The Bertz CT molecular complexity index is 831. The molecule has 0 saturated carbocycles. The number of unbranched alkanes of at least 4 members (excludes halogenated alkanes) is 4. The van der Waals surface area contributed by atoms with E-state index in [4.69, 9.17) is 23.7 Å². The third kappa shape index (κ3) is 7.90. The van der Waals surface area contributed by atoms with Gasteiger partial charge in [-0.2, -0.15) is 0 Å². The average Bonchev–Trinajstić information content (AvgIpc) is 3.53. The van der Waals surface area contributed by atoms with Gasteiger partial charge >= 0.3 is 6.09 Å². The van der Waals surface area contributed by atoms with Crippen LogP contribution in [-0.4, -0.2) is 73.7 Å². The molecule has 4 rings (SSSR count). The number of rotatable bonds is 14. The van der Waals surface area contributed by atoms with Crippen molar-refractivity contribution in [3.63, 3.8) is 0 Å². The van der Waals surface area contributed by atoms with E-state index >= 15 is 0 Å². The summed E-state index contributed by atoms with van der Waals surface area (Å²) in [6.45, 7) is 10.2. The minimum Gasteiger partial charge on any atom is -0.440 e. The monoisotopic (exact) mass is 518 g/mol. The van der Waals surface area contributed by atoms with Gasteiger partial charge in [-0.1, -0.05) is 50.8 Å². The first-order valence-corrected chi connectivity index (χ1v) is 14.3. The molecule has 1 N–H and O–H groups in total. The van der Waals surface area contributed by atoms with Gasteiger partial charge in [0.1, 0.15) is 12.7 Å². The number of carbonyl (C=O) groups excluding carboxylic acids is 1. The molecule has 3 heterocycles. The largest absolute Gasteiger partial charge is 0.440 e. The molecule has 3 aliphatic heterocycles. The molecular weight excluding hydrogens is 472 g/mol. The number of nitrogens with one attached hydrogen (secondary N) is 1. The summed E-state index contributed by atoms with van der Waals surface area (Å²) in [6.07, 6.45) is 8.07. The first-order valence-electron chi connectivity index (χ1n) is 14.3. The number of anilines is 1. The topological polar surface area (TPSA) is 78.5 Å². The summed E-state index contributed by atoms with van der Waals surface area (Å²) in [4.78, 5) is 15.4. The molecule has 0 unspecified atom stereocenters. The molecule has 8 heteroatoms. The van der Waals surface area contributed by atoms with E-state index in [0.717, 1.165) is 45.3 Å². The van der Waals surface area contributed by atoms with Gasteiger partial charge in [0.25, 0.3) is 0 Å². The van der Waals surface area contributed by atoms with Crippen molar-refractivity contribution in [2.24, 2.45) is 0 Å². The Hall–Kier alpha value is -1.71. The van der Waals surface area contributed by atoms with E-state index in [1.807, 2.05) is 44.2 Å². The van der Waals surface area contributed by atoms with Gasteiger partial charge < -0.3 is 28.6 Å². The van der Waals surface area contributed by atoms with Crippen LogP contribution in [0.25, 0.3) is 0 Å². The molecule has 0 aromatic heterocycles. The number of hydrogen-bond donors (Lipinski definition) is 1. The number of hydrogen-bond acceptors (Lipinski definition) is 7. The van der Waals surface area contributed by atoms with Gasteiger partial charge in [-0.3, -0.25) is 5.32 Å². The second-order valence-electron chi connectivity index (χ2n) is 11.0. The minimum atomic E-state index is -1.09. The van der Waals surface area contributed by atoms with E-state index in [9.17, 15) is 4.79 Å². The van der Waals surface area contributed by atoms with Crippen molar-refractivity contribution in [1.82, 2.24) is 4.90 Å². The number of nitrogens with zero attached hydrogens (tertiary/aromatic N) is 1. The molecule has 3 fully saturated rings. The van der Waals surface area contributed by atoms with Crippen molar-refractivity contribution < 1.29 is 28.5 Å². The van der Waals surface area contributed by atoms with Crippen molar-refractivity contribution in [1.29, 1.82) is 0 Å². The second-order valence-corrected chi connectivity index (χ2v) is 11.0. The van der Waals surface area contributed by atoms with E-state index in [-0.39, 0.29) is 12.7 Å². The van der Waals surface area contributed by atoms with Gasteiger partial charge in [-0.05, 0) is 77.7 Å². The molecule has 0 spiro atoms. The fourth-order valence-corrected chi connectivity index (χ4v) is 5.66. The Morgan fingerprint density at radius 3 is 2.57 bits per heavy atom. The molecular formula is C29H46N2O6. The Morgan fingerprint density at radius 1 is 1.05 bits per heavy atom. The SMILES string of the molecule is CCCCCCCOC[C@@]12O[C@@H](CCCN3CCCC3)[C@@H](OC(=O)Nc3ccccc3)[C@@H]1OC(C)(C)O2. The van der Waals surface area contributed by atoms with Crippen LogP contribution < -0.4 is 5.32 Å². The molecule has 8 nitrogen and oxygen atoms in total. The Kier molecular flexibility index (Phi) is 10.2. The van der Waals surface area contributed by atoms with E-state index in [2.05, 4.69) is 17.1 Å². The minimum absolute atomic E-state index is 0.248. The van der Waals surface area contributed by atoms with Gasteiger partial charge in [0.15, 0.2) is 18.0 Å². The van der Waals surface area contributed by atoms with Crippen LogP contribution in [0.2, 0.25) is 0 Å². The molecule has 0 aliphatic carbocycles. The van der Waals surface area contributed by atoms with Gasteiger partial charge in [0, 0.05) is 12.3 Å². The van der Waals surface area contributed by atoms with Gasteiger partial charge in [0.05, 0.1) is 0 Å². The van der Waals surface area contributed by atoms with Crippen LogP contribution in [0.3, 0.4) is 0 Å². The lowest BCUT2D eigenvalue weighted by atomic mass is 10.0. The standard InChI is InChI=1S/C29H46N2O6/c1-4-5-6-7-13-21-33-22-29-26(36-28(2,3)37-29)25(34-27(32)30-23-15-9-8-10-16-23)24(35-29)17-14-20-31-18-11-12-19-31/h8-10,15-16,24-26H,4-7,11-14,17-22H2,1-3H3,(H,30,32)/t24-,25+,26-,29-/m0/s1. The predicted octanol–water partition coefficient (Wildman–Crippen LogP) is 5.71. The summed E-state index contributed by atoms with van der Waals surface area (Å²) in [5.41, 5.74) is 0.679. The number of amides is 1. The zero-order valence-corrected chi connectivity index (χ0v) is 22.9. The van der Waals surface area contributed by atoms with Crippen LogP contribution in [0.4, 0.5) is 10.5 Å². The summed E-state index contributed by atoms with van der Waals surface area (Å²) in [6, 6.07) is 9.31. The fraction of sp³-hybridized carbons (Fsp3) is 0.759. The number of carbonyl (C=O) groups is 1. The number of para-hydroxylation sites is 1. The molecule has 1 aromatic carbocycles. The molecule has 4 atom stereocenters. The maximum atomic E-state index is 12.9. The van der Waals surface area contributed by atoms with Crippen LogP contribution in [0.5, 0.6) is 0 Å². The number of ether oxygens (including phenoxy) is 5. The zero-order valence-electron chi connectivity index (χ0n) is 22.9. The van der Waals surface area contributed by atoms with Gasteiger partial charge in [-0.15, -0.1) is 0 Å². The number of likely N-dealkylation sites (tertiary alicyclic amines) is 1. The normalized spacial score (nSPS) is 28.9. The zero-order chi connectivity index (χ0) is 26.1. The second kappa shape index (κ2) is 13.4. The summed E-state index contributed by atoms with van der Waals surface area (Å²) >= 11 is 0. The highest BCUT2D eigenvalue weighted by Crippen LogP contribution is 2.47. The summed E-state index contributed by atoms with van der Waals surface area (Å²) in [5, 5.41) is 2.83. The van der Waals surface area contributed by atoms with E-state index < -0.39 is 29.9 Å².